The molecule has 13 nitrogen and oxygen atoms in total. The summed E-state index contributed by atoms with van der Waals surface area (Å²) >= 11 is 7.54. The highest BCUT2D eigenvalue weighted by atomic mass is 35.5. The van der Waals surface area contributed by atoms with Gasteiger partial charge in [0.2, 0.25) is 0 Å². The summed E-state index contributed by atoms with van der Waals surface area (Å²) in [6, 6.07) is 8.67. The number of pyridine rings is 1. The third-order valence-electron chi connectivity index (χ3n) is 6.62. The fraction of sp³-hybridized carbons (Fsp3) is 0.259. The van der Waals surface area contributed by atoms with E-state index in [2.05, 4.69) is 25.5 Å². The second-order valence-electron chi connectivity index (χ2n) is 9.24. The molecule has 0 atom stereocenters. The number of carbonyl (C=O) groups excluding carboxylic acids is 1. The molecule has 0 saturated carbocycles. The van der Waals surface area contributed by atoms with Crippen LogP contribution >= 0.6 is 22.9 Å². The summed E-state index contributed by atoms with van der Waals surface area (Å²) in [5.41, 5.74) is 1.93. The molecule has 5 aromatic rings. The largest absolute Gasteiger partial charge is 0.491 e. The molecule has 1 N–H and O–H groups in total. The summed E-state index contributed by atoms with van der Waals surface area (Å²) in [7, 11) is 1.50. The summed E-state index contributed by atoms with van der Waals surface area (Å²) in [5.74, 6) is 0.101. The molecule has 0 amide bonds. The highest BCUT2D eigenvalue weighted by Gasteiger charge is 2.28. The molecule has 42 heavy (non-hydrogen) atoms. The monoisotopic (exact) mass is 608 g/mol. The maximum atomic E-state index is 13.7. The first kappa shape index (κ1) is 27.6. The van der Waals surface area contributed by atoms with Gasteiger partial charge in [0.05, 0.1) is 43.4 Å². The molecule has 6 rings (SSSR count). The van der Waals surface area contributed by atoms with Gasteiger partial charge in [0.1, 0.15) is 24.0 Å². The zero-order valence-electron chi connectivity index (χ0n) is 22.4. The summed E-state index contributed by atoms with van der Waals surface area (Å²) in [4.78, 5) is 38.4. The van der Waals surface area contributed by atoms with Crippen LogP contribution in [0.25, 0.3) is 11.3 Å². The van der Waals surface area contributed by atoms with Gasteiger partial charge in [-0.15, -0.1) is 11.3 Å². The lowest BCUT2D eigenvalue weighted by Gasteiger charge is -2.29. The second-order valence-corrected chi connectivity index (χ2v) is 11.0. The number of halogens is 1. The summed E-state index contributed by atoms with van der Waals surface area (Å²) in [6.45, 7) is 2.67. The van der Waals surface area contributed by atoms with Gasteiger partial charge in [-0.25, -0.2) is 9.97 Å². The van der Waals surface area contributed by atoms with Crippen molar-refractivity contribution in [1.82, 2.24) is 29.5 Å². The molecule has 0 aliphatic carbocycles. The maximum Gasteiger partial charge on any atom is 0.302 e. The van der Waals surface area contributed by atoms with E-state index < -0.39 is 5.91 Å². The molecule has 1 saturated heterocycles. The fourth-order valence-corrected chi connectivity index (χ4v) is 5.65. The van der Waals surface area contributed by atoms with Crippen molar-refractivity contribution in [2.45, 2.75) is 13.1 Å². The summed E-state index contributed by atoms with van der Waals surface area (Å²) in [6.07, 6.45) is 6.06. The molecular formula is C27H25ClN8O5S. The van der Waals surface area contributed by atoms with Crippen LogP contribution in [0.5, 0.6) is 5.75 Å². The van der Waals surface area contributed by atoms with Gasteiger partial charge >= 0.3 is 5.91 Å². The van der Waals surface area contributed by atoms with Gasteiger partial charge < -0.3 is 28.8 Å². The molecule has 0 bridgehead atoms. The molecular weight excluding hydrogens is 584 g/mol. The molecule has 5 aromatic heterocycles. The van der Waals surface area contributed by atoms with E-state index >= 15 is 0 Å². The molecule has 0 unspecified atom stereocenters. The Bertz CT molecular complexity index is 1750. The number of hydrogen-bond acceptors (Lipinski definition) is 12. The van der Waals surface area contributed by atoms with Crippen molar-refractivity contribution in [3.63, 3.8) is 0 Å². The number of nitrogens with one attached hydrogen (secondary N) is 1. The van der Waals surface area contributed by atoms with Crippen LogP contribution in [0, 0.1) is 0 Å². The normalized spacial score (nSPS) is 13.3. The minimum absolute atomic E-state index is 0.0664. The average molecular weight is 609 g/mol. The van der Waals surface area contributed by atoms with Gasteiger partial charge in [-0.3, -0.25) is 9.59 Å². The van der Waals surface area contributed by atoms with Crippen LogP contribution in [0.1, 0.15) is 21.1 Å². The number of carbonyl (C=O) groups is 1. The lowest BCUT2D eigenvalue weighted by molar-refractivity contribution is 0.0938. The topological polar surface area (TPSA) is 142 Å². The predicted octanol–water partition coefficient (Wildman–Crippen LogP) is 3.40. The Kier molecular flexibility index (Phi) is 7.99. The van der Waals surface area contributed by atoms with Crippen molar-refractivity contribution in [1.29, 1.82) is 0 Å². The highest BCUT2D eigenvalue weighted by Crippen LogP contribution is 2.38. The fourth-order valence-electron chi connectivity index (χ4n) is 4.62. The highest BCUT2D eigenvalue weighted by molar-refractivity contribution is 7.16. The zero-order chi connectivity index (χ0) is 29.1. The molecule has 15 heteroatoms. The van der Waals surface area contributed by atoms with Gasteiger partial charge in [0, 0.05) is 42.0 Å². The molecule has 6 heterocycles. The SMILES string of the molecule is COc1c(-c2cc(N3CCOCC3)c(=O)n(Cc3ccncn3)c2)nn(C(=O)c2ccon2)c1NCc1ccc(Cl)s1. The zero-order valence-corrected chi connectivity index (χ0v) is 24.0. The minimum Gasteiger partial charge on any atom is -0.491 e. The van der Waals surface area contributed by atoms with Crippen LogP contribution < -0.4 is 20.5 Å². The Hall–Kier alpha value is -4.53. The predicted molar refractivity (Wildman–Crippen MR) is 156 cm³/mol. The summed E-state index contributed by atoms with van der Waals surface area (Å²) < 4.78 is 19.7. The van der Waals surface area contributed by atoms with Crippen molar-refractivity contribution in [3.05, 3.63) is 86.3 Å². The Balaban J connectivity index is 1.49. The van der Waals surface area contributed by atoms with E-state index in [-0.39, 0.29) is 17.8 Å². The van der Waals surface area contributed by atoms with E-state index in [9.17, 15) is 9.59 Å². The molecule has 0 aromatic carbocycles. The first-order valence-corrected chi connectivity index (χ1v) is 14.1. The molecule has 1 aliphatic rings. The quantitative estimate of drug-likeness (QED) is 0.263. The molecule has 0 spiro atoms. The van der Waals surface area contributed by atoms with E-state index in [1.165, 1.54) is 41.8 Å². The van der Waals surface area contributed by atoms with E-state index in [0.29, 0.717) is 71.4 Å². The Morgan fingerprint density at radius 2 is 2.07 bits per heavy atom. The number of hydrogen-bond donors (Lipinski definition) is 1. The van der Waals surface area contributed by atoms with E-state index in [1.807, 2.05) is 11.0 Å². The molecule has 1 fully saturated rings. The smallest absolute Gasteiger partial charge is 0.302 e. The lowest BCUT2D eigenvalue weighted by atomic mass is 10.1. The number of ether oxygens (including phenoxy) is 2. The first-order valence-electron chi connectivity index (χ1n) is 12.9. The number of morpholine rings is 1. The van der Waals surface area contributed by atoms with Crippen LogP contribution in [0.4, 0.5) is 11.5 Å². The van der Waals surface area contributed by atoms with Crippen molar-refractivity contribution >= 4 is 40.4 Å². The van der Waals surface area contributed by atoms with Gasteiger partial charge in [-0.1, -0.05) is 16.8 Å². The number of aromatic nitrogens is 6. The first-order chi connectivity index (χ1) is 20.5. The molecule has 216 valence electrons. The number of methoxy groups -OCH3 is 1. The van der Waals surface area contributed by atoms with Crippen LogP contribution in [0.3, 0.4) is 0 Å². The lowest BCUT2D eigenvalue weighted by Crippen LogP contribution is -2.40. The van der Waals surface area contributed by atoms with Gasteiger partial charge in [-0.05, 0) is 24.3 Å². The number of rotatable bonds is 9. The van der Waals surface area contributed by atoms with Crippen LogP contribution in [0.2, 0.25) is 4.34 Å². The Morgan fingerprint density at radius 3 is 2.76 bits per heavy atom. The van der Waals surface area contributed by atoms with Gasteiger partial charge in [0.15, 0.2) is 17.3 Å². The maximum absolute atomic E-state index is 13.7. The number of anilines is 2. The molecule has 1 aliphatic heterocycles. The van der Waals surface area contributed by atoms with Crippen molar-refractivity contribution in [2.24, 2.45) is 0 Å². The van der Waals surface area contributed by atoms with Crippen molar-refractivity contribution in [3.8, 4) is 17.0 Å². The van der Waals surface area contributed by atoms with E-state index in [4.69, 9.17) is 25.6 Å². The summed E-state index contributed by atoms with van der Waals surface area (Å²) in [5, 5.41) is 11.7. The Labute approximate surface area is 248 Å². The number of nitrogens with zero attached hydrogens (tertiary/aromatic N) is 7. The third kappa shape index (κ3) is 5.64. The molecule has 0 radical (unpaired) electrons. The second kappa shape index (κ2) is 12.1. The average Bonchev–Trinajstić information content (AvgIpc) is 3.78. The Morgan fingerprint density at radius 1 is 1.21 bits per heavy atom. The van der Waals surface area contributed by atoms with E-state index in [1.54, 1.807) is 35.2 Å². The van der Waals surface area contributed by atoms with Crippen LogP contribution in [0.15, 0.2) is 64.6 Å². The van der Waals surface area contributed by atoms with Gasteiger partial charge in [0.25, 0.3) is 5.56 Å². The standard InChI is InChI=1S/C27H25ClN8O5S/c1-39-24-23(32-36(26(37)20-5-9-41-33-20)25(24)30-13-19-2-3-22(28)42-19)17-12-21(34-7-10-40-11-8-34)27(38)35(14-17)15-18-4-6-29-16-31-18/h2-6,9,12,14,16,30H,7-8,10-11,13,15H2,1H3. The minimum atomic E-state index is -0.525. The van der Waals surface area contributed by atoms with Crippen LogP contribution in [-0.2, 0) is 17.8 Å². The van der Waals surface area contributed by atoms with Gasteiger partial charge in [-0.2, -0.15) is 9.78 Å². The number of thiophene rings is 1. The van der Waals surface area contributed by atoms with E-state index in [0.717, 1.165) is 4.88 Å². The van der Waals surface area contributed by atoms with Crippen molar-refractivity contribution in [2.75, 3.05) is 43.6 Å². The van der Waals surface area contributed by atoms with Crippen molar-refractivity contribution < 1.29 is 18.8 Å². The third-order valence-corrected chi connectivity index (χ3v) is 7.85. The van der Waals surface area contributed by atoms with Crippen LogP contribution in [-0.4, -0.2) is 68.8 Å².